The normalized spacial score (nSPS) is 19.2. The van der Waals surface area contributed by atoms with Crippen LogP contribution < -0.4 is 14.8 Å². The molecule has 1 atom stereocenters. The molecule has 1 N–H and O–H groups in total. The summed E-state index contributed by atoms with van der Waals surface area (Å²) in [6.07, 6.45) is 0.786. The zero-order valence-corrected chi connectivity index (χ0v) is 21.4. The molecule has 9 nitrogen and oxygen atoms in total. The fourth-order valence-electron chi connectivity index (χ4n) is 5.46. The van der Waals surface area contributed by atoms with Gasteiger partial charge in [0.05, 0.1) is 6.61 Å². The molecule has 1 unspecified atom stereocenters. The van der Waals surface area contributed by atoms with Crippen LogP contribution in [0.25, 0.3) is 0 Å². The zero-order valence-electron chi connectivity index (χ0n) is 21.4. The summed E-state index contributed by atoms with van der Waals surface area (Å²) >= 11 is 0. The fourth-order valence-corrected chi connectivity index (χ4v) is 5.46. The molecule has 200 valence electrons. The number of carbonyl (C=O) groups excluding carboxylic acids is 3. The first kappa shape index (κ1) is 24.9. The van der Waals surface area contributed by atoms with Gasteiger partial charge in [-0.2, -0.15) is 0 Å². The second kappa shape index (κ2) is 10.4. The van der Waals surface area contributed by atoms with Crippen molar-refractivity contribution in [2.24, 2.45) is 0 Å². The van der Waals surface area contributed by atoms with Crippen LogP contribution >= 0.6 is 0 Å². The van der Waals surface area contributed by atoms with Crippen molar-refractivity contribution in [1.29, 1.82) is 0 Å². The molecule has 3 aliphatic heterocycles. The van der Waals surface area contributed by atoms with Crippen molar-refractivity contribution in [1.82, 2.24) is 15.1 Å². The molecule has 0 radical (unpaired) electrons. The van der Waals surface area contributed by atoms with E-state index in [0.717, 1.165) is 5.56 Å². The van der Waals surface area contributed by atoms with Crippen LogP contribution in [0.4, 0.5) is 0 Å². The molecule has 0 saturated carbocycles. The average Bonchev–Trinajstić information content (AvgIpc) is 3.61. The molecular formula is C30H29N3O6. The van der Waals surface area contributed by atoms with Crippen LogP contribution in [0.3, 0.4) is 0 Å². The Labute approximate surface area is 226 Å². The van der Waals surface area contributed by atoms with Crippen LogP contribution in [0.5, 0.6) is 11.5 Å². The van der Waals surface area contributed by atoms with Gasteiger partial charge in [0.1, 0.15) is 11.8 Å². The Hall–Kier alpha value is -4.37. The highest BCUT2D eigenvalue weighted by molar-refractivity contribution is 5.98. The van der Waals surface area contributed by atoms with Crippen molar-refractivity contribution in [2.75, 3.05) is 26.5 Å². The third-order valence-electron chi connectivity index (χ3n) is 7.56. The van der Waals surface area contributed by atoms with Crippen molar-refractivity contribution in [3.63, 3.8) is 0 Å². The Balaban J connectivity index is 1.20. The second-order valence-electron chi connectivity index (χ2n) is 9.88. The van der Waals surface area contributed by atoms with Gasteiger partial charge in [-0.1, -0.05) is 48.5 Å². The number of hydrogen-bond acceptors (Lipinski definition) is 6. The lowest BCUT2D eigenvalue weighted by Gasteiger charge is -2.44. The van der Waals surface area contributed by atoms with E-state index in [2.05, 4.69) is 5.32 Å². The van der Waals surface area contributed by atoms with Crippen LogP contribution in [0.1, 0.15) is 39.1 Å². The van der Waals surface area contributed by atoms with E-state index < -0.39 is 11.8 Å². The first-order valence-electron chi connectivity index (χ1n) is 13.1. The fraction of sp³-hybridized carbons (Fsp3) is 0.300. The minimum absolute atomic E-state index is 0.0926. The predicted octanol–water partition coefficient (Wildman–Crippen LogP) is 3.21. The molecule has 0 bridgehead atoms. The number of hydrogen-bond donors (Lipinski definition) is 1. The predicted molar refractivity (Wildman–Crippen MR) is 141 cm³/mol. The summed E-state index contributed by atoms with van der Waals surface area (Å²) in [4.78, 5) is 43.8. The van der Waals surface area contributed by atoms with Gasteiger partial charge in [-0.25, -0.2) is 0 Å². The average molecular weight is 528 g/mol. The van der Waals surface area contributed by atoms with Gasteiger partial charge in [-0.05, 0) is 35.9 Å². The molecule has 3 amide bonds. The van der Waals surface area contributed by atoms with E-state index in [-0.39, 0.29) is 31.1 Å². The summed E-state index contributed by atoms with van der Waals surface area (Å²) in [7, 11) is 0. The quantitative estimate of drug-likeness (QED) is 0.548. The molecule has 0 aliphatic carbocycles. The van der Waals surface area contributed by atoms with Gasteiger partial charge in [0.25, 0.3) is 11.8 Å². The molecule has 9 heteroatoms. The highest BCUT2D eigenvalue weighted by Gasteiger charge is 2.54. The maximum Gasteiger partial charge on any atom is 0.256 e. The topological polar surface area (TPSA) is 97.4 Å². The van der Waals surface area contributed by atoms with Gasteiger partial charge < -0.3 is 24.4 Å². The van der Waals surface area contributed by atoms with Crippen LogP contribution in [-0.2, 0) is 16.1 Å². The molecule has 0 aromatic heterocycles. The largest absolute Gasteiger partial charge is 0.454 e. The third kappa shape index (κ3) is 4.81. The maximum atomic E-state index is 13.8. The number of benzene rings is 3. The molecule has 2 fully saturated rings. The monoisotopic (exact) mass is 527 g/mol. The van der Waals surface area contributed by atoms with Crippen LogP contribution in [0.15, 0.2) is 78.9 Å². The van der Waals surface area contributed by atoms with Crippen LogP contribution in [-0.4, -0.2) is 65.8 Å². The number of likely N-dealkylation sites (tertiary alicyclic amines) is 1. The van der Waals surface area contributed by atoms with Gasteiger partial charge in [0.2, 0.25) is 12.7 Å². The second-order valence-corrected chi connectivity index (χ2v) is 9.88. The lowest BCUT2D eigenvalue weighted by Crippen LogP contribution is -2.59. The van der Waals surface area contributed by atoms with Gasteiger partial charge in [-0.15, -0.1) is 0 Å². The van der Waals surface area contributed by atoms with Crippen molar-refractivity contribution < 1.29 is 28.6 Å². The number of rotatable bonds is 5. The van der Waals surface area contributed by atoms with Crippen molar-refractivity contribution in [3.05, 3.63) is 95.6 Å². The molecule has 2 saturated heterocycles. The van der Waals surface area contributed by atoms with E-state index in [1.165, 1.54) is 0 Å². The third-order valence-corrected chi connectivity index (χ3v) is 7.56. The molecular weight excluding hydrogens is 498 g/mol. The van der Waals surface area contributed by atoms with E-state index in [9.17, 15) is 14.4 Å². The van der Waals surface area contributed by atoms with Gasteiger partial charge in [-0.3, -0.25) is 19.3 Å². The molecule has 39 heavy (non-hydrogen) atoms. The first-order chi connectivity index (χ1) is 19.0. The lowest BCUT2D eigenvalue weighted by molar-refractivity contribution is -0.128. The summed E-state index contributed by atoms with van der Waals surface area (Å²) in [5, 5.41) is 2.97. The van der Waals surface area contributed by atoms with E-state index in [1.54, 1.807) is 52.3 Å². The van der Waals surface area contributed by atoms with Crippen molar-refractivity contribution in [3.8, 4) is 11.5 Å². The Bertz CT molecular complexity index is 1370. The van der Waals surface area contributed by atoms with Crippen LogP contribution in [0.2, 0.25) is 0 Å². The standard InChI is InChI=1S/C30H29N3O6/c34-27(31-18-21-7-3-1-4-8-21)24-19-39-30(33(24)29(36)22-9-5-2-6-10-22)13-15-32(16-14-30)28(35)23-11-12-25-26(17-23)38-20-37-25/h1-12,17,24H,13-16,18-20H2,(H,31,34). The summed E-state index contributed by atoms with van der Waals surface area (Å²) in [6.45, 7) is 1.35. The summed E-state index contributed by atoms with van der Waals surface area (Å²) < 4.78 is 17.1. The number of nitrogens with zero attached hydrogens (tertiary/aromatic N) is 2. The highest BCUT2D eigenvalue weighted by atomic mass is 16.7. The molecule has 3 heterocycles. The Morgan fingerprint density at radius 2 is 1.51 bits per heavy atom. The Morgan fingerprint density at radius 3 is 2.26 bits per heavy atom. The van der Waals surface area contributed by atoms with Gasteiger partial charge >= 0.3 is 0 Å². The zero-order chi connectivity index (χ0) is 26.8. The van der Waals surface area contributed by atoms with Crippen LogP contribution in [0, 0.1) is 0 Å². The number of fused-ring (bicyclic) bond motifs is 1. The number of nitrogens with one attached hydrogen (secondary N) is 1. The van der Waals surface area contributed by atoms with E-state index >= 15 is 0 Å². The summed E-state index contributed by atoms with van der Waals surface area (Å²) in [6, 6.07) is 22.9. The first-order valence-corrected chi connectivity index (χ1v) is 13.1. The van der Waals surface area contributed by atoms with E-state index in [0.29, 0.717) is 55.1 Å². The number of amides is 3. The Kier molecular flexibility index (Phi) is 6.66. The molecule has 1 spiro atoms. The minimum Gasteiger partial charge on any atom is -0.454 e. The van der Waals surface area contributed by atoms with Gasteiger partial charge in [0.15, 0.2) is 11.5 Å². The minimum atomic E-state index is -0.979. The number of ether oxygens (including phenoxy) is 3. The number of piperidine rings is 1. The molecule has 3 aliphatic rings. The SMILES string of the molecule is O=C(NCc1ccccc1)C1COC2(CCN(C(=O)c3ccc4c(c3)OCO4)CC2)N1C(=O)c1ccccc1. The lowest BCUT2D eigenvalue weighted by atomic mass is 9.96. The molecule has 6 rings (SSSR count). The smallest absolute Gasteiger partial charge is 0.256 e. The number of carbonyl (C=O) groups is 3. The maximum absolute atomic E-state index is 13.8. The molecule has 3 aromatic rings. The summed E-state index contributed by atoms with van der Waals surface area (Å²) in [5.41, 5.74) is 0.989. The highest BCUT2D eigenvalue weighted by Crippen LogP contribution is 2.39. The van der Waals surface area contributed by atoms with Gasteiger partial charge in [0, 0.05) is 43.6 Å². The van der Waals surface area contributed by atoms with E-state index in [1.807, 2.05) is 36.4 Å². The van der Waals surface area contributed by atoms with E-state index in [4.69, 9.17) is 14.2 Å². The Morgan fingerprint density at radius 1 is 0.821 bits per heavy atom. The summed E-state index contributed by atoms with van der Waals surface area (Å²) in [5.74, 6) is 0.522. The van der Waals surface area contributed by atoms with Crippen molar-refractivity contribution in [2.45, 2.75) is 31.2 Å². The van der Waals surface area contributed by atoms with Crippen molar-refractivity contribution >= 4 is 17.7 Å². The molecule has 3 aromatic carbocycles.